The molecular formula is C18H29N. The summed E-state index contributed by atoms with van der Waals surface area (Å²) in [6, 6.07) is 11.5. The fourth-order valence-electron chi connectivity index (χ4n) is 3.34. The predicted octanol–water partition coefficient (Wildman–Crippen LogP) is 4.94. The van der Waals surface area contributed by atoms with Crippen LogP contribution < -0.4 is 5.32 Å². The van der Waals surface area contributed by atoms with Gasteiger partial charge in [0.25, 0.3) is 0 Å². The number of hydrogen-bond acceptors (Lipinski definition) is 1. The molecule has 0 radical (unpaired) electrons. The van der Waals surface area contributed by atoms with Crippen molar-refractivity contribution in [1.29, 1.82) is 0 Å². The van der Waals surface area contributed by atoms with Gasteiger partial charge in [-0.3, -0.25) is 0 Å². The van der Waals surface area contributed by atoms with Gasteiger partial charge < -0.3 is 5.32 Å². The highest BCUT2D eigenvalue weighted by molar-refractivity contribution is 5.18. The largest absolute Gasteiger partial charge is 0.310 e. The van der Waals surface area contributed by atoms with E-state index in [0.29, 0.717) is 6.04 Å². The van der Waals surface area contributed by atoms with Crippen LogP contribution >= 0.6 is 0 Å². The summed E-state index contributed by atoms with van der Waals surface area (Å²) in [5.74, 6) is 1.94. The van der Waals surface area contributed by atoms with Gasteiger partial charge in [-0.2, -0.15) is 0 Å². The molecule has 0 heterocycles. The third-order valence-electron chi connectivity index (χ3n) is 4.65. The fourth-order valence-corrected chi connectivity index (χ4v) is 3.34. The standard InChI is InChI=1S/C18H29N/c1-3-19-18(17-7-5-4-6-8-17)14-13-16-11-9-15(2)10-12-16/h4-8,15-16,18-19H,3,9-14H2,1-2H3. The summed E-state index contributed by atoms with van der Waals surface area (Å²) in [5, 5.41) is 3.65. The molecule has 1 aliphatic carbocycles. The molecule has 1 aromatic carbocycles. The van der Waals surface area contributed by atoms with E-state index >= 15 is 0 Å². The summed E-state index contributed by atoms with van der Waals surface area (Å²) in [7, 11) is 0. The first kappa shape index (κ1) is 14.6. The molecule has 0 aliphatic heterocycles. The molecule has 0 aromatic heterocycles. The number of hydrogen-bond donors (Lipinski definition) is 1. The molecule has 0 amide bonds. The van der Waals surface area contributed by atoms with Crippen molar-refractivity contribution in [1.82, 2.24) is 5.32 Å². The van der Waals surface area contributed by atoms with Crippen LogP contribution in [0.1, 0.15) is 64.0 Å². The number of benzene rings is 1. The van der Waals surface area contributed by atoms with E-state index in [1.165, 1.54) is 44.1 Å². The van der Waals surface area contributed by atoms with Gasteiger partial charge in [0.05, 0.1) is 0 Å². The number of rotatable bonds is 6. The van der Waals surface area contributed by atoms with Crippen molar-refractivity contribution in [2.24, 2.45) is 11.8 Å². The van der Waals surface area contributed by atoms with E-state index in [0.717, 1.165) is 18.4 Å². The van der Waals surface area contributed by atoms with Gasteiger partial charge in [0.1, 0.15) is 0 Å². The molecule has 0 saturated heterocycles. The average molecular weight is 259 g/mol. The van der Waals surface area contributed by atoms with Crippen LogP contribution in [-0.2, 0) is 0 Å². The van der Waals surface area contributed by atoms with E-state index < -0.39 is 0 Å². The van der Waals surface area contributed by atoms with Crippen LogP contribution in [0.25, 0.3) is 0 Å². The third-order valence-corrected chi connectivity index (χ3v) is 4.65. The zero-order chi connectivity index (χ0) is 13.5. The minimum atomic E-state index is 0.547. The van der Waals surface area contributed by atoms with Gasteiger partial charge >= 0.3 is 0 Å². The molecule has 19 heavy (non-hydrogen) atoms. The Bertz CT molecular complexity index is 338. The number of nitrogens with one attached hydrogen (secondary N) is 1. The van der Waals surface area contributed by atoms with Crippen LogP contribution in [0.5, 0.6) is 0 Å². The van der Waals surface area contributed by atoms with Crippen molar-refractivity contribution in [2.45, 2.75) is 58.4 Å². The maximum Gasteiger partial charge on any atom is 0.0320 e. The molecule has 1 nitrogen and oxygen atoms in total. The summed E-state index contributed by atoms with van der Waals surface area (Å²) >= 11 is 0. The summed E-state index contributed by atoms with van der Waals surface area (Å²) < 4.78 is 0. The minimum Gasteiger partial charge on any atom is -0.310 e. The van der Waals surface area contributed by atoms with Crippen LogP contribution in [0, 0.1) is 11.8 Å². The molecule has 1 aliphatic rings. The second kappa shape index (κ2) is 7.69. The highest BCUT2D eigenvalue weighted by Gasteiger charge is 2.19. The van der Waals surface area contributed by atoms with Gasteiger partial charge in [0.2, 0.25) is 0 Å². The lowest BCUT2D eigenvalue weighted by atomic mass is 9.80. The summed E-state index contributed by atoms with van der Waals surface area (Å²) in [6.45, 7) is 5.67. The van der Waals surface area contributed by atoms with E-state index in [4.69, 9.17) is 0 Å². The van der Waals surface area contributed by atoms with Crippen molar-refractivity contribution in [3.05, 3.63) is 35.9 Å². The highest BCUT2D eigenvalue weighted by Crippen LogP contribution is 2.33. The maximum absolute atomic E-state index is 3.65. The first-order chi connectivity index (χ1) is 9.29. The van der Waals surface area contributed by atoms with E-state index in [9.17, 15) is 0 Å². The van der Waals surface area contributed by atoms with Gasteiger partial charge in [-0.15, -0.1) is 0 Å². The van der Waals surface area contributed by atoms with Crippen molar-refractivity contribution in [3.8, 4) is 0 Å². The molecule has 0 bridgehead atoms. The van der Waals surface area contributed by atoms with E-state index in [1.807, 2.05) is 0 Å². The van der Waals surface area contributed by atoms with Crippen LogP contribution in [0.3, 0.4) is 0 Å². The maximum atomic E-state index is 3.65. The van der Waals surface area contributed by atoms with E-state index in [1.54, 1.807) is 0 Å². The first-order valence-corrected chi connectivity index (χ1v) is 8.08. The second-order valence-corrected chi connectivity index (χ2v) is 6.22. The van der Waals surface area contributed by atoms with Crippen molar-refractivity contribution in [3.63, 3.8) is 0 Å². The van der Waals surface area contributed by atoms with Crippen molar-refractivity contribution in [2.75, 3.05) is 6.54 Å². The third kappa shape index (κ3) is 4.65. The van der Waals surface area contributed by atoms with Gasteiger partial charge in [-0.25, -0.2) is 0 Å². The molecule has 106 valence electrons. The van der Waals surface area contributed by atoms with Crippen LogP contribution in [0.2, 0.25) is 0 Å². The minimum absolute atomic E-state index is 0.547. The van der Waals surface area contributed by atoms with Crippen LogP contribution in [-0.4, -0.2) is 6.54 Å². The monoisotopic (exact) mass is 259 g/mol. The van der Waals surface area contributed by atoms with Gasteiger partial charge in [-0.1, -0.05) is 69.9 Å². The topological polar surface area (TPSA) is 12.0 Å². The molecule has 0 spiro atoms. The molecule has 1 unspecified atom stereocenters. The lowest BCUT2D eigenvalue weighted by Crippen LogP contribution is -2.22. The van der Waals surface area contributed by atoms with Gasteiger partial charge in [0, 0.05) is 6.04 Å². The average Bonchev–Trinajstić information content (AvgIpc) is 2.46. The Morgan fingerprint density at radius 1 is 1.11 bits per heavy atom. The summed E-state index contributed by atoms with van der Waals surface area (Å²) in [6.07, 6.45) is 8.48. The molecule has 1 aromatic rings. The Hall–Kier alpha value is -0.820. The summed E-state index contributed by atoms with van der Waals surface area (Å²) in [5.41, 5.74) is 1.45. The zero-order valence-electron chi connectivity index (χ0n) is 12.6. The van der Waals surface area contributed by atoms with E-state index in [-0.39, 0.29) is 0 Å². The second-order valence-electron chi connectivity index (χ2n) is 6.22. The quantitative estimate of drug-likeness (QED) is 0.762. The molecule has 1 saturated carbocycles. The summed E-state index contributed by atoms with van der Waals surface area (Å²) in [4.78, 5) is 0. The molecule has 1 fully saturated rings. The first-order valence-electron chi connectivity index (χ1n) is 8.08. The Morgan fingerprint density at radius 3 is 2.42 bits per heavy atom. The van der Waals surface area contributed by atoms with Crippen molar-refractivity contribution < 1.29 is 0 Å². The van der Waals surface area contributed by atoms with Gasteiger partial charge in [-0.05, 0) is 36.8 Å². The Balaban J connectivity index is 1.84. The molecule has 2 rings (SSSR count). The Kier molecular flexibility index (Phi) is 5.91. The molecular weight excluding hydrogens is 230 g/mol. The predicted molar refractivity (Wildman–Crippen MR) is 83.2 cm³/mol. The Labute approximate surface area is 118 Å². The van der Waals surface area contributed by atoms with Crippen molar-refractivity contribution >= 4 is 0 Å². The molecule has 1 heteroatoms. The van der Waals surface area contributed by atoms with Crippen LogP contribution in [0.15, 0.2) is 30.3 Å². The molecule has 1 N–H and O–H groups in total. The van der Waals surface area contributed by atoms with E-state index in [2.05, 4.69) is 49.5 Å². The zero-order valence-corrected chi connectivity index (χ0v) is 12.6. The highest BCUT2D eigenvalue weighted by atomic mass is 14.9. The Morgan fingerprint density at radius 2 is 1.79 bits per heavy atom. The fraction of sp³-hybridized carbons (Fsp3) is 0.667. The lowest BCUT2D eigenvalue weighted by molar-refractivity contribution is 0.264. The smallest absolute Gasteiger partial charge is 0.0320 e. The normalized spacial score (nSPS) is 25.2. The van der Waals surface area contributed by atoms with Gasteiger partial charge in [0.15, 0.2) is 0 Å². The SMILES string of the molecule is CCNC(CCC1CCC(C)CC1)c1ccccc1. The lowest BCUT2D eigenvalue weighted by Gasteiger charge is -2.28. The van der Waals surface area contributed by atoms with Crippen LogP contribution in [0.4, 0.5) is 0 Å². The molecule has 1 atom stereocenters.